The molecule has 1 saturated carbocycles. The van der Waals surface area contributed by atoms with Crippen LogP contribution < -0.4 is 4.90 Å². The third kappa shape index (κ3) is 2.51. The highest BCUT2D eigenvalue weighted by Crippen LogP contribution is 2.45. The van der Waals surface area contributed by atoms with Crippen LogP contribution in [-0.4, -0.2) is 13.1 Å². The van der Waals surface area contributed by atoms with Crippen molar-refractivity contribution in [2.75, 3.05) is 18.0 Å². The second-order valence-corrected chi connectivity index (χ2v) is 6.96. The second kappa shape index (κ2) is 5.17. The van der Waals surface area contributed by atoms with Gasteiger partial charge in [0.05, 0.1) is 11.3 Å². The van der Waals surface area contributed by atoms with Crippen molar-refractivity contribution >= 4 is 21.6 Å². The number of benzene rings is 1. The minimum Gasteiger partial charge on any atom is -0.369 e. The molecule has 1 spiro atoms. The van der Waals surface area contributed by atoms with E-state index in [2.05, 4.69) is 33.0 Å². The number of halogens is 1. The molecule has 0 atom stereocenters. The van der Waals surface area contributed by atoms with Gasteiger partial charge in [0.15, 0.2) is 0 Å². The lowest BCUT2D eigenvalue weighted by molar-refractivity contribution is 0.180. The number of rotatable bonds is 1. The van der Waals surface area contributed by atoms with Gasteiger partial charge in [-0.3, -0.25) is 0 Å². The lowest BCUT2D eigenvalue weighted by Gasteiger charge is -2.52. The molecule has 1 heterocycles. The zero-order valence-electron chi connectivity index (χ0n) is 11.2. The van der Waals surface area contributed by atoms with Gasteiger partial charge in [0.25, 0.3) is 0 Å². The Morgan fingerprint density at radius 2 is 1.79 bits per heavy atom. The molecular weight excluding hydrogens is 300 g/mol. The maximum Gasteiger partial charge on any atom is 0.101 e. The van der Waals surface area contributed by atoms with Crippen LogP contribution in [0.5, 0.6) is 0 Å². The van der Waals surface area contributed by atoms with Crippen molar-refractivity contribution in [3.8, 4) is 6.07 Å². The molecule has 19 heavy (non-hydrogen) atoms. The quantitative estimate of drug-likeness (QED) is 0.763. The molecule has 0 bridgehead atoms. The van der Waals surface area contributed by atoms with Crippen LogP contribution in [0.25, 0.3) is 0 Å². The Balaban J connectivity index is 1.75. The third-order valence-corrected chi connectivity index (χ3v) is 5.13. The summed E-state index contributed by atoms with van der Waals surface area (Å²) >= 11 is 3.44. The van der Waals surface area contributed by atoms with Gasteiger partial charge in [0.1, 0.15) is 6.07 Å². The zero-order valence-corrected chi connectivity index (χ0v) is 12.7. The van der Waals surface area contributed by atoms with E-state index in [0.29, 0.717) is 5.41 Å². The first kappa shape index (κ1) is 13.0. The molecule has 2 nitrogen and oxygen atoms in total. The van der Waals surface area contributed by atoms with Gasteiger partial charge in [-0.1, -0.05) is 41.6 Å². The Bertz CT molecular complexity index is 502. The lowest BCUT2D eigenvalue weighted by atomic mass is 9.73. The summed E-state index contributed by atoms with van der Waals surface area (Å²) in [5.41, 5.74) is 2.45. The second-order valence-electron chi connectivity index (χ2n) is 6.04. The van der Waals surface area contributed by atoms with Crippen molar-refractivity contribution in [2.45, 2.75) is 38.5 Å². The van der Waals surface area contributed by atoms with Gasteiger partial charge in [-0.25, -0.2) is 0 Å². The van der Waals surface area contributed by atoms with Crippen LogP contribution in [0, 0.1) is 16.7 Å². The Morgan fingerprint density at radius 3 is 2.42 bits per heavy atom. The van der Waals surface area contributed by atoms with Gasteiger partial charge in [0, 0.05) is 23.0 Å². The van der Waals surface area contributed by atoms with Crippen LogP contribution in [0.2, 0.25) is 0 Å². The maximum atomic E-state index is 9.26. The third-order valence-electron chi connectivity index (χ3n) is 4.64. The molecule has 2 aliphatic rings. The molecule has 0 unspecified atom stereocenters. The van der Waals surface area contributed by atoms with Gasteiger partial charge in [-0.15, -0.1) is 0 Å². The van der Waals surface area contributed by atoms with Crippen molar-refractivity contribution in [1.82, 2.24) is 0 Å². The van der Waals surface area contributed by atoms with Gasteiger partial charge >= 0.3 is 0 Å². The molecular formula is C16H19BrN2. The number of nitriles is 1. The molecule has 1 aromatic carbocycles. The molecule has 3 heteroatoms. The average molecular weight is 319 g/mol. The smallest absolute Gasteiger partial charge is 0.101 e. The van der Waals surface area contributed by atoms with Crippen LogP contribution in [0.4, 0.5) is 5.69 Å². The largest absolute Gasteiger partial charge is 0.369 e. The molecule has 100 valence electrons. The summed E-state index contributed by atoms with van der Waals surface area (Å²) < 4.78 is 0.984. The van der Waals surface area contributed by atoms with Crippen molar-refractivity contribution in [2.24, 2.45) is 5.41 Å². The van der Waals surface area contributed by atoms with Crippen molar-refractivity contribution < 1.29 is 0 Å². The van der Waals surface area contributed by atoms with Gasteiger partial charge < -0.3 is 4.90 Å². The van der Waals surface area contributed by atoms with E-state index < -0.39 is 0 Å². The Morgan fingerprint density at radius 1 is 1.11 bits per heavy atom. The van der Waals surface area contributed by atoms with Crippen molar-refractivity contribution in [3.05, 3.63) is 28.2 Å². The summed E-state index contributed by atoms with van der Waals surface area (Å²) in [7, 11) is 0. The molecule has 1 aliphatic heterocycles. The summed E-state index contributed by atoms with van der Waals surface area (Å²) in [4.78, 5) is 2.39. The lowest BCUT2D eigenvalue weighted by Crippen LogP contribution is -2.56. The molecule has 0 N–H and O–H groups in total. The van der Waals surface area contributed by atoms with E-state index >= 15 is 0 Å². The standard InChI is InChI=1S/C16H19BrN2/c17-14-5-6-15(13(9-14)10-18)19-11-16(12-19)7-3-1-2-4-8-16/h5-6,9H,1-4,7-8,11-12H2. The summed E-state index contributed by atoms with van der Waals surface area (Å²) in [5.74, 6) is 0. The minimum atomic E-state index is 0.552. The van der Waals surface area contributed by atoms with Crippen LogP contribution >= 0.6 is 15.9 Å². The van der Waals surface area contributed by atoms with Gasteiger partial charge in [-0.2, -0.15) is 5.26 Å². The predicted octanol–water partition coefficient (Wildman–Crippen LogP) is 4.48. The van der Waals surface area contributed by atoms with Gasteiger partial charge in [-0.05, 0) is 31.0 Å². The Hall–Kier alpha value is -1.01. The molecule has 1 aromatic rings. The summed E-state index contributed by atoms with van der Waals surface area (Å²) in [5, 5.41) is 9.26. The molecule has 0 aromatic heterocycles. The predicted molar refractivity (Wildman–Crippen MR) is 81.2 cm³/mol. The van der Waals surface area contributed by atoms with E-state index in [4.69, 9.17) is 0 Å². The van der Waals surface area contributed by atoms with Crippen molar-refractivity contribution in [1.29, 1.82) is 5.26 Å². The number of hydrogen-bond acceptors (Lipinski definition) is 2. The SMILES string of the molecule is N#Cc1cc(Br)ccc1N1CC2(CCCCCC2)C1. The maximum absolute atomic E-state index is 9.26. The molecule has 0 radical (unpaired) electrons. The molecule has 2 fully saturated rings. The van der Waals surface area contributed by atoms with E-state index in [1.807, 2.05) is 12.1 Å². The number of hydrogen-bond donors (Lipinski definition) is 0. The highest BCUT2D eigenvalue weighted by molar-refractivity contribution is 9.10. The summed E-state index contributed by atoms with van der Waals surface area (Å²) in [6, 6.07) is 8.35. The fraction of sp³-hybridized carbons (Fsp3) is 0.562. The van der Waals surface area contributed by atoms with Crippen LogP contribution in [-0.2, 0) is 0 Å². The molecule has 1 saturated heterocycles. The topological polar surface area (TPSA) is 27.0 Å². The summed E-state index contributed by atoms with van der Waals surface area (Å²) in [6.45, 7) is 2.28. The first-order valence-electron chi connectivity index (χ1n) is 7.17. The van der Waals surface area contributed by atoms with E-state index in [0.717, 1.165) is 28.8 Å². The van der Waals surface area contributed by atoms with E-state index in [9.17, 15) is 5.26 Å². The Kier molecular flexibility index (Phi) is 3.54. The highest BCUT2D eigenvalue weighted by atomic mass is 79.9. The average Bonchev–Trinajstić information content (AvgIpc) is 2.63. The normalized spacial score (nSPS) is 21.6. The first-order chi connectivity index (χ1) is 9.22. The first-order valence-corrected chi connectivity index (χ1v) is 7.96. The monoisotopic (exact) mass is 318 g/mol. The van der Waals surface area contributed by atoms with Crippen molar-refractivity contribution in [3.63, 3.8) is 0 Å². The minimum absolute atomic E-state index is 0.552. The van der Waals surface area contributed by atoms with E-state index in [1.165, 1.54) is 38.5 Å². The number of nitrogens with zero attached hydrogens (tertiary/aromatic N) is 2. The zero-order chi connectivity index (χ0) is 13.3. The summed E-state index contributed by atoms with van der Waals surface area (Å²) in [6.07, 6.45) is 8.34. The van der Waals surface area contributed by atoms with Crippen LogP contribution in [0.1, 0.15) is 44.1 Å². The van der Waals surface area contributed by atoms with E-state index in [1.54, 1.807) is 0 Å². The molecule has 0 amide bonds. The van der Waals surface area contributed by atoms with E-state index in [-0.39, 0.29) is 0 Å². The number of anilines is 1. The molecule has 3 rings (SSSR count). The molecule has 1 aliphatic carbocycles. The van der Waals surface area contributed by atoms with Gasteiger partial charge in [0.2, 0.25) is 0 Å². The van der Waals surface area contributed by atoms with Crippen LogP contribution in [0.3, 0.4) is 0 Å². The Labute approximate surface area is 123 Å². The fourth-order valence-corrected chi connectivity index (χ4v) is 3.96. The highest BCUT2D eigenvalue weighted by Gasteiger charge is 2.43. The fourth-order valence-electron chi connectivity index (χ4n) is 3.60. The van der Waals surface area contributed by atoms with Crippen LogP contribution in [0.15, 0.2) is 22.7 Å².